The Morgan fingerprint density at radius 2 is 2.00 bits per heavy atom. The molecule has 0 spiro atoms. The molecule has 0 bridgehead atoms. The molecule has 3 N–H and O–H groups in total. The first-order valence-corrected chi connectivity index (χ1v) is 5.12. The predicted molar refractivity (Wildman–Crippen MR) is 60.1 cm³/mol. The van der Waals surface area contributed by atoms with Gasteiger partial charge in [0.15, 0.2) is 6.61 Å². The Morgan fingerprint density at radius 1 is 1.35 bits per heavy atom. The van der Waals surface area contributed by atoms with E-state index < -0.39 is 36.0 Å². The first-order valence-electron chi connectivity index (χ1n) is 5.12. The molecule has 6 nitrogen and oxygen atoms in total. The summed E-state index contributed by atoms with van der Waals surface area (Å²) in [7, 11) is 0. The van der Waals surface area contributed by atoms with Gasteiger partial charge in [-0.15, -0.1) is 0 Å². The molecule has 1 rings (SSSR count). The maximum atomic E-state index is 12.7. The van der Waals surface area contributed by atoms with Gasteiger partial charge >= 0.3 is 12.2 Å². The van der Waals surface area contributed by atoms with E-state index in [2.05, 4.69) is 10.5 Å². The minimum atomic E-state index is -4.76. The van der Waals surface area contributed by atoms with Crippen LogP contribution in [0.1, 0.15) is 15.9 Å². The fourth-order valence-electron chi connectivity index (χ4n) is 1.29. The number of rotatable bonds is 4. The van der Waals surface area contributed by atoms with E-state index in [1.165, 1.54) is 0 Å². The Morgan fingerprint density at radius 3 is 2.50 bits per heavy atom. The van der Waals surface area contributed by atoms with Gasteiger partial charge in [-0.1, -0.05) is 0 Å². The largest absolute Gasteiger partial charge is 0.483 e. The molecule has 0 atom stereocenters. The predicted octanol–water partition coefficient (Wildman–Crippen LogP) is 1.09. The van der Waals surface area contributed by atoms with E-state index in [0.29, 0.717) is 6.07 Å². The van der Waals surface area contributed by atoms with Gasteiger partial charge in [0, 0.05) is 5.56 Å². The van der Waals surface area contributed by atoms with Crippen molar-refractivity contribution in [1.29, 1.82) is 0 Å². The monoisotopic (exact) mass is 290 g/mol. The maximum absolute atomic E-state index is 12.7. The van der Waals surface area contributed by atoms with Crippen molar-refractivity contribution < 1.29 is 32.3 Å². The molecule has 9 heteroatoms. The van der Waals surface area contributed by atoms with Crippen molar-refractivity contribution in [1.82, 2.24) is 5.32 Å². The van der Waals surface area contributed by atoms with Gasteiger partial charge in [0.05, 0.1) is 5.56 Å². The van der Waals surface area contributed by atoms with Gasteiger partial charge in [-0.3, -0.25) is 14.9 Å². The average molecular weight is 290 g/mol. The number of halogens is 3. The molecule has 1 aromatic carbocycles. The van der Waals surface area contributed by atoms with Gasteiger partial charge in [-0.25, -0.2) is 4.79 Å². The summed E-state index contributed by atoms with van der Waals surface area (Å²) < 4.78 is 42.9. The van der Waals surface area contributed by atoms with Crippen LogP contribution in [0.5, 0.6) is 5.75 Å². The molecule has 108 valence electrons. The van der Waals surface area contributed by atoms with Crippen LogP contribution in [-0.4, -0.2) is 24.8 Å². The number of amides is 3. The number of carbonyl (C=O) groups is 3. The molecule has 0 aliphatic heterocycles. The Hall–Kier alpha value is -2.58. The third-order valence-electron chi connectivity index (χ3n) is 2.07. The molecule has 0 aromatic heterocycles. The van der Waals surface area contributed by atoms with Crippen molar-refractivity contribution in [3.8, 4) is 5.75 Å². The molecule has 1 aromatic rings. The lowest BCUT2D eigenvalue weighted by Gasteiger charge is -2.13. The average Bonchev–Trinajstić information content (AvgIpc) is 2.34. The van der Waals surface area contributed by atoms with Crippen LogP contribution in [0.25, 0.3) is 0 Å². The van der Waals surface area contributed by atoms with Crippen LogP contribution in [0.3, 0.4) is 0 Å². The second kappa shape index (κ2) is 6.04. The Bertz CT molecular complexity index is 543. The van der Waals surface area contributed by atoms with Gasteiger partial charge in [0.2, 0.25) is 0 Å². The van der Waals surface area contributed by atoms with Gasteiger partial charge in [0.25, 0.3) is 5.91 Å². The van der Waals surface area contributed by atoms with Crippen LogP contribution >= 0.6 is 0 Å². The molecule has 0 unspecified atom stereocenters. The molecular formula is C11H9F3N2O4. The number of benzene rings is 1. The van der Waals surface area contributed by atoms with E-state index in [9.17, 15) is 27.6 Å². The van der Waals surface area contributed by atoms with Crippen LogP contribution in [0, 0.1) is 0 Å². The lowest BCUT2D eigenvalue weighted by molar-refractivity contribution is -0.139. The quantitative estimate of drug-likeness (QED) is 0.811. The van der Waals surface area contributed by atoms with Gasteiger partial charge in [-0.2, -0.15) is 13.2 Å². The molecule has 0 heterocycles. The normalized spacial score (nSPS) is 10.8. The number of carbonyl (C=O) groups excluding carboxylic acids is 3. The smallest absolute Gasteiger partial charge is 0.419 e. The molecule has 0 aliphatic carbocycles. The zero-order valence-corrected chi connectivity index (χ0v) is 9.86. The number of primary amides is 1. The summed E-state index contributed by atoms with van der Waals surface area (Å²) in [4.78, 5) is 31.8. The van der Waals surface area contributed by atoms with E-state index in [0.717, 1.165) is 12.1 Å². The second-order valence-electron chi connectivity index (χ2n) is 3.57. The van der Waals surface area contributed by atoms with Crippen molar-refractivity contribution in [3.05, 3.63) is 29.3 Å². The highest BCUT2D eigenvalue weighted by atomic mass is 19.4. The standard InChI is InChI=1S/C11H9F3N2O4/c12-11(13,14)7-3-6(4-17)1-2-8(7)20-5-9(18)16-10(15)19/h1-4H,5H2,(H3,15,16,18,19). The summed E-state index contributed by atoms with van der Waals surface area (Å²) in [5, 5.41) is 1.63. The van der Waals surface area contributed by atoms with Gasteiger partial charge in [-0.05, 0) is 18.2 Å². The Balaban J connectivity index is 2.92. The third-order valence-corrected chi connectivity index (χ3v) is 2.07. The molecule has 0 radical (unpaired) electrons. The Kier molecular flexibility index (Phi) is 4.68. The number of nitrogens with two attached hydrogens (primary N) is 1. The number of hydrogen-bond donors (Lipinski definition) is 2. The highest BCUT2D eigenvalue weighted by Gasteiger charge is 2.34. The summed E-state index contributed by atoms with van der Waals surface area (Å²) >= 11 is 0. The van der Waals surface area contributed by atoms with Crippen LogP contribution in [0.4, 0.5) is 18.0 Å². The van der Waals surface area contributed by atoms with E-state index >= 15 is 0 Å². The number of aldehydes is 1. The topological polar surface area (TPSA) is 98.5 Å². The Labute approximate surface area is 110 Å². The lowest BCUT2D eigenvalue weighted by Crippen LogP contribution is -2.38. The van der Waals surface area contributed by atoms with E-state index in [4.69, 9.17) is 0 Å². The number of nitrogens with one attached hydrogen (secondary N) is 1. The van der Waals surface area contributed by atoms with Crippen LogP contribution in [0.2, 0.25) is 0 Å². The van der Waals surface area contributed by atoms with Crippen molar-refractivity contribution in [2.24, 2.45) is 5.73 Å². The highest BCUT2D eigenvalue weighted by molar-refractivity contribution is 5.94. The molecule has 0 saturated heterocycles. The summed E-state index contributed by atoms with van der Waals surface area (Å²) in [6, 6.07) is 1.45. The number of alkyl halides is 3. The maximum Gasteiger partial charge on any atom is 0.419 e. The van der Waals surface area contributed by atoms with Crippen LogP contribution < -0.4 is 15.8 Å². The summed E-state index contributed by atoms with van der Waals surface area (Å²) in [5.41, 5.74) is 3.27. The molecule has 0 fully saturated rings. The number of hydrogen-bond acceptors (Lipinski definition) is 4. The van der Waals surface area contributed by atoms with Gasteiger partial charge < -0.3 is 10.5 Å². The molecule has 0 saturated carbocycles. The van der Waals surface area contributed by atoms with Crippen molar-refractivity contribution in [2.45, 2.75) is 6.18 Å². The fraction of sp³-hybridized carbons (Fsp3) is 0.182. The SMILES string of the molecule is NC(=O)NC(=O)COc1ccc(C=O)cc1C(F)(F)F. The summed E-state index contributed by atoms with van der Waals surface area (Å²) in [6.45, 7) is -0.827. The highest BCUT2D eigenvalue weighted by Crippen LogP contribution is 2.36. The van der Waals surface area contributed by atoms with E-state index in [-0.39, 0.29) is 11.8 Å². The van der Waals surface area contributed by atoms with Crippen molar-refractivity contribution in [3.63, 3.8) is 0 Å². The lowest BCUT2D eigenvalue weighted by atomic mass is 10.1. The zero-order chi connectivity index (χ0) is 15.3. The summed E-state index contributed by atoms with van der Waals surface area (Å²) in [6.07, 6.45) is -4.51. The number of imide groups is 1. The molecule has 20 heavy (non-hydrogen) atoms. The number of ether oxygens (including phenoxy) is 1. The number of urea groups is 1. The van der Waals surface area contributed by atoms with Gasteiger partial charge in [0.1, 0.15) is 12.0 Å². The zero-order valence-electron chi connectivity index (χ0n) is 9.86. The first-order chi connectivity index (χ1) is 9.24. The molecule has 3 amide bonds. The van der Waals surface area contributed by atoms with E-state index in [1.807, 2.05) is 0 Å². The van der Waals surface area contributed by atoms with Crippen LogP contribution in [-0.2, 0) is 11.0 Å². The van der Waals surface area contributed by atoms with E-state index in [1.54, 1.807) is 5.32 Å². The minimum absolute atomic E-state index is 0.189. The minimum Gasteiger partial charge on any atom is -0.483 e. The second-order valence-corrected chi connectivity index (χ2v) is 3.57. The first kappa shape index (κ1) is 15.5. The summed E-state index contributed by atoms with van der Waals surface area (Å²) in [5.74, 6) is -1.63. The fourth-order valence-corrected chi connectivity index (χ4v) is 1.29. The van der Waals surface area contributed by atoms with Crippen molar-refractivity contribution in [2.75, 3.05) is 6.61 Å². The molecular weight excluding hydrogens is 281 g/mol. The third kappa shape index (κ3) is 4.26. The van der Waals surface area contributed by atoms with Crippen molar-refractivity contribution >= 4 is 18.2 Å². The van der Waals surface area contributed by atoms with Crippen LogP contribution in [0.15, 0.2) is 18.2 Å². The molecule has 0 aliphatic rings.